The van der Waals surface area contributed by atoms with Crippen molar-refractivity contribution in [1.29, 1.82) is 0 Å². The third-order valence-electron chi connectivity index (χ3n) is 5.96. The van der Waals surface area contributed by atoms with E-state index in [0.29, 0.717) is 11.0 Å². The molecule has 0 aromatic heterocycles. The Morgan fingerprint density at radius 1 is 1.11 bits per heavy atom. The zero-order valence-electron chi connectivity index (χ0n) is 13.6. The van der Waals surface area contributed by atoms with Crippen molar-refractivity contribution in [2.24, 2.45) is 5.41 Å². The first kappa shape index (κ1) is 15.3. The van der Waals surface area contributed by atoms with Gasteiger partial charge in [0, 0.05) is 31.2 Å². The lowest BCUT2D eigenvalue weighted by Crippen LogP contribution is -2.64. The SMILES string of the molecule is CCC1CNC(CC)(CC)CN1CC1(C)CCCC1. The Morgan fingerprint density at radius 3 is 2.26 bits per heavy atom. The smallest absolute Gasteiger partial charge is 0.0304 e. The lowest BCUT2D eigenvalue weighted by Gasteiger charge is -2.49. The molecule has 2 aliphatic rings. The molecule has 0 aromatic rings. The van der Waals surface area contributed by atoms with Gasteiger partial charge in [-0.05, 0) is 37.5 Å². The molecule has 1 heterocycles. The molecule has 2 rings (SSSR count). The lowest BCUT2D eigenvalue weighted by molar-refractivity contribution is 0.0376. The number of hydrogen-bond donors (Lipinski definition) is 1. The summed E-state index contributed by atoms with van der Waals surface area (Å²) < 4.78 is 0. The predicted molar refractivity (Wildman–Crippen MR) is 83.5 cm³/mol. The number of nitrogens with one attached hydrogen (secondary N) is 1. The molecule has 1 aliphatic heterocycles. The summed E-state index contributed by atoms with van der Waals surface area (Å²) in [4.78, 5) is 2.83. The predicted octanol–water partition coefficient (Wildman–Crippen LogP) is 3.81. The Hall–Kier alpha value is -0.0800. The molecule has 0 bridgehead atoms. The third-order valence-corrected chi connectivity index (χ3v) is 5.96. The van der Waals surface area contributed by atoms with Gasteiger partial charge in [0.05, 0.1) is 0 Å². The third kappa shape index (κ3) is 3.33. The van der Waals surface area contributed by atoms with Crippen LogP contribution in [0.5, 0.6) is 0 Å². The zero-order chi connectivity index (χ0) is 13.9. The summed E-state index contributed by atoms with van der Waals surface area (Å²) >= 11 is 0. The first-order valence-corrected chi connectivity index (χ1v) is 8.55. The van der Waals surface area contributed by atoms with Crippen LogP contribution in [-0.2, 0) is 0 Å². The maximum atomic E-state index is 3.86. The van der Waals surface area contributed by atoms with Crippen LogP contribution in [0.1, 0.15) is 72.6 Å². The van der Waals surface area contributed by atoms with Crippen LogP contribution in [0.4, 0.5) is 0 Å². The highest BCUT2D eigenvalue weighted by Gasteiger charge is 2.39. The molecule has 1 N–H and O–H groups in total. The highest BCUT2D eigenvalue weighted by molar-refractivity contribution is 4.98. The van der Waals surface area contributed by atoms with Crippen molar-refractivity contribution in [3.63, 3.8) is 0 Å². The van der Waals surface area contributed by atoms with Crippen molar-refractivity contribution in [2.75, 3.05) is 19.6 Å². The largest absolute Gasteiger partial charge is 0.308 e. The van der Waals surface area contributed by atoms with Gasteiger partial charge in [0.25, 0.3) is 0 Å². The van der Waals surface area contributed by atoms with Crippen molar-refractivity contribution >= 4 is 0 Å². The van der Waals surface area contributed by atoms with Gasteiger partial charge in [-0.3, -0.25) is 4.90 Å². The van der Waals surface area contributed by atoms with Gasteiger partial charge in [0.1, 0.15) is 0 Å². The highest BCUT2D eigenvalue weighted by Crippen LogP contribution is 2.39. The molecule has 0 radical (unpaired) electrons. The van der Waals surface area contributed by atoms with Crippen LogP contribution < -0.4 is 5.32 Å². The standard InChI is InChI=1S/C17H34N2/c1-5-15-12-18-17(6-2,7-3)14-19(15)13-16(4)10-8-9-11-16/h15,18H,5-14H2,1-4H3. The zero-order valence-corrected chi connectivity index (χ0v) is 13.6. The number of piperazine rings is 1. The van der Waals surface area contributed by atoms with Gasteiger partial charge >= 0.3 is 0 Å². The van der Waals surface area contributed by atoms with E-state index in [1.165, 1.54) is 64.6 Å². The van der Waals surface area contributed by atoms with Crippen LogP contribution in [-0.4, -0.2) is 36.1 Å². The van der Waals surface area contributed by atoms with E-state index in [4.69, 9.17) is 0 Å². The summed E-state index contributed by atoms with van der Waals surface area (Å²) in [7, 11) is 0. The first-order chi connectivity index (χ1) is 9.06. The van der Waals surface area contributed by atoms with Crippen LogP contribution in [0.25, 0.3) is 0 Å². The van der Waals surface area contributed by atoms with E-state index in [1.807, 2.05) is 0 Å². The van der Waals surface area contributed by atoms with Gasteiger partial charge in [-0.1, -0.05) is 40.5 Å². The summed E-state index contributed by atoms with van der Waals surface area (Å²) in [5.74, 6) is 0. The Labute approximate surface area is 120 Å². The second-order valence-corrected chi connectivity index (χ2v) is 7.35. The molecule has 0 spiro atoms. The van der Waals surface area contributed by atoms with Gasteiger partial charge in [-0.25, -0.2) is 0 Å². The molecular weight excluding hydrogens is 232 g/mol. The summed E-state index contributed by atoms with van der Waals surface area (Å²) in [6.07, 6.45) is 9.59. The minimum atomic E-state index is 0.376. The molecule has 1 saturated carbocycles. The Balaban J connectivity index is 2.05. The van der Waals surface area contributed by atoms with Crippen LogP contribution >= 0.6 is 0 Å². The Morgan fingerprint density at radius 2 is 1.74 bits per heavy atom. The average molecular weight is 266 g/mol. The second kappa shape index (κ2) is 6.13. The fourth-order valence-electron chi connectivity index (χ4n) is 4.23. The van der Waals surface area contributed by atoms with E-state index in [2.05, 4.69) is 37.9 Å². The maximum absolute atomic E-state index is 3.86. The molecule has 1 saturated heterocycles. The Bertz CT molecular complexity index is 275. The van der Waals surface area contributed by atoms with Crippen LogP contribution in [0, 0.1) is 5.41 Å². The maximum Gasteiger partial charge on any atom is 0.0304 e. The van der Waals surface area contributed by atoms with Crippen LogP contribution in [0.2, 0.25) is 0 Å². The molecule has 0 aromatic carbocycles. The number of hydrogen-bond acceptors (Lipinski definition) is 2. The molecular formula is C17H34N2. The van der Waals surface area contributed by atoms with E-state index < -0.39 is 0 Å². The van der Waals surface area contributed by atoms with Gasteiger partial charge in [-0.15, -0.1) is 0 Å². The van der Waals surface area contributed by atoms with E-state index >= 15 is 0 Å². The highest BCUT2D eigenvalue weighted by atomic mass is 15.3. The molecule has 19 heavy (non-hydrogen) atoms. The van der Waals surface area contributed by atoms with Crippen molar-refractivity contribution in [3.05, 3.63) is 0 Å². The molecule has 2 fully saturated rings. The van der Waals surface area contributed by atoms with Gasteiger partial charge in [0.15, 0.2) is 0 Å². The van der Waals surface area contributed by atoms with E-state index in [-0.39, 0.29) is 0 Å². The second-order valence-electron chi connectivity index (χ2n) is 7.35. The van der Waals surface area contributed by atoms with Crippen LogP contribution in [0.3, 0.4) is 0 Å². The van der Waals surface area contributed by atoms with E-state index in [9.17, 15) is 0 Å². The number of rotatable bonds is 5. The van der Waals surface area contributed by atoms with Gasteiger partial charge < -0.3 is 5.32 Å². The number of nitrogens with zero attached hydrogens (tertiary/aromatic N) is 1. The topological polar surface area (TPSA) is 15.3 Å². The average Bonchev–Trinajstić information content (AvgIpc) is 2.85. The van der Waals surface area contributed by atoms with Crippen LogP contribution in [0.15, 0.2) is 0 Å². The fraction of sp³-hybridized carbons (Fsp3) is 1.00. The molecule has 0 amide bonds. The molecule has 1 unspecified atom stereocenters. The van der Waals surface area contributed by atoms with E-state index in [1.54, 1.807) is 0 Å². The van der Waals surface area contributed by atoms with Crippen molar-refractivity contribution < 1.29 is 0 Å². The lowest BCUT2D eigenvalue weighted by atomic mass is 9.83. The first-order valence-electron chi connectivity index (χ1n) is 8.55. The normalized spacial score (nSPS) is 30.6. The van der Waals surface area contributed by atoms with Gasteiger partial charge in [-0.2, -0.15) is 0 Å². The summed E-state index contributed by atoms with van der Waals surface area (Å²) in [6, 6.07) is 0.753. The van der Waals surface area contributed by atoms with Gasteiger partial charge in [0.2, 0.25) is 0 Å². The molecule has 1 atom stereocenters. The minimum Gasteiger partial charge on any atom is -0.308 e. The minimum absolute atomic E-state index is 0.376. The Kier molecular flexibility index (Phi) is 4.94. The quantitative estimate of drug-likeness (QED) is 0.814. The molecule has 2 heteroatoms. The van der Waals surface area contributed by atoms with Crippen molar-refractivity contribution in [1.82, 2.24) is 10.2 Å². The summed E-state index contributed by atoms with van der Waals surface area (Å²) in [5.41, 5.74) is 0.971. The monoisotopic (exact) mass is 266 g/mol. The molecule has 2 nitrogen and oxygen atoms in total. The fourth-order valence-corrected chi connectivity index (χ4v) is 4.23. The van der Waals surface area contributed by atoms with E-state index in [0.717, 1.165) is 6.04 Å². The summed E-state index contributed by atoms with van der Waals surface area (Å²) in [6.45, 7) is 13.3. The molecule has 1 aliphatic carbocycles. The molecule has 112 valence electrons. The van der Waals surface area contributed by atoms with Crippen molar-refractivity contribution in [3.8, 4) is 0 Å². The summed E-state index contributed by atoms with van der Waals surface area (Å²) in [5, 5.41) is 3.86. The van der Waals surface area contributed by atoms with Crippen molar-refractivity contribution in [2.45, 2.75) is 84.2 Å².